The SMILES string of the molecule is Cc1cnc(C)c(N2CCN(C(=O)Nc3ccc(C#N)nc3)CC2)n1. The van der Waals surface area contributed by atoms with Gasteiger partial charge in [-0.05, 0) is 26.0 Å². The van der Waals surface area contributed by atoms with Crippen LogP contribution in [0.5, 0.6) is 0 Å². The van der Waals surface area contributed by atoms with Crippen LogP contribution in [0.3, 0.4) is 0 Å². The van der Waals surface area contributed by atoms with Crippen molar-refractivity contribution in [2.24, 2.45) is 0 Å². The third kappa shape index (κ3) is 3.83. The summed E-state index contributed by atoms with van der Waals surface area (Å²) in [5.74, 6) is 0.886. The van der Waals surface area contributed by atoms with Gasteiger partial charge in [0.15, 0.2) is 0 Å². The van der Waals surface area contributed by atoms with Crippen molar-refractivity contribution in [2.45, 2.75) is 13.8 Å². The fraction of sp³-hybridized carbons (Fsp3) is 0.353. The molecule has 1 saturated heterocycles. The highest BCUT2D eigenvalue weighted by atomic mass is 16.2. The van der Waals surface area contributed by atoms with Crippen molar-refractivity contribution in [3.63, 3.8) is 0 Å². The fourth-order valence-electron chi connectivity index (χ4n) is 2.68. The summed E-state index contributed by atoms with van der Waals surface area (Å²) in [7, 11) is 0. The number of nitrogens with one attached hydrogen (secondary N) is 1. The Morgan fingerprint density at radius 3 is 2.56 bits per heavy atom. The highest BCUT2D eigenvalue weighted by molar-refractivity contribution is 5.89. The van der Waals surface area contributed by atoms with Gasteiger partial charge in [0.2, 0.25) is 0 Å². The third-order valence-electron chi connectivity index (χ3n) is 4.05. The first-order valence-electron chi connectivity index (χ1n) is 8.04. The summed E-state index contributed by atoms with van der Waals surface area (Å²) in [5.41, 5.74) is 2.68. The zero-order chi connectivity index (χ0) is 17.8. The maximum absolute atomic E-state index is 12.4. The largest absolute Gasteiger partial charge is 0.352 e. The van der Waals surface area contributed by atoms with Crippen molar-refractivity contribution in [3.8, 4) is 6.07 Å². The van der Waals surface area contributed by atoms with Crippen molar-refractivity contribution in [1.82, 2.24) is 19.9 Å². The minimum Gasteiger partial charge on any atom is -0.352 e. The Bertz CT molecular complexity index is 805. The number of aromatic nitrogens is 3. The topological polar surface area (TPSA) is 98.0 Å². The van der Waals surface area contributed by atoms with Crippen LogP contribution in [0.1, 0.15) is 17.1 Å². The highest BCUT2D eigenvalue weighted by Gasteiger charge is 2.23. The first-order chi connectivity index (χ1) is 12.1. The molecule has 1 aliphatic heterocycles. The number of nitriles is 1. The fourth-order valence-corrected chi connectivity index (χ4v) is 2.68. The lowest BCUT2D eigenvalue weighted by molar-refractivity contribution is 0.208. The van der Waals surface area contributed by atoms with Gasteiger partial charge in [0.25, 0.3) is 0 Å². The molecule has 2 amide bonds. The molecule has 0 spiro atoms. The van der Waals surface area contributed by atoms with E-state index in [9.17, 15) is 4.79 Å². The number of pyridine rings is 1. The second kappa shape index (κ2) is 7.13. The summed E-state index contributed by atoms with van der Waals surface area (Å²) in [6.45, 7) is 6.48. The second-order valence-corrected chi connectivity index (χ2v) is 5.87. The van der Waals surface area contributed by atoms with Crippen LogP contribution in [0, 0.1) is 25.2 Å². The number of aryl methyl sites for hydroxylation is 2. The lowest BCUT2D eigenvalue weighted by atomic mass is 10.3. The van der Waals surface area contributed by atoms with Crippen LogP contribution in [0.4, 0.5) is 16.3 Å². The average Bonchev–Trinajstić information content (AvgIpc) is 2.64. The highest BCUT2D eigenvalue weighted by Crippen LogP contribution is 2.18. The molecule has 8 nitrogen and oxygen atoms in total. The minimum atomic E-state index is -0.168. The number of nitrogens with zero attached hydrogens (tertiary/aromatic N) is 6. The van der Waals surface area contributed by atoms with E-state index < -0.39 is 0 Å². The Kier molecular flexibility index (Phi) is 4.75. The van der Waals surface area contributed by atoms with E-state index in [2.05, 4.69) is 25.2 Å². The van der Waals surface area contributed by atoms with Gasteiger partial charge in [0.1, 0.15) is 17.6 Å². The van der Waals surface area contributed by atoms with Gasteiger partial charge in [-0.3, -0.25) is 4.98 Å². The molecular weight excluding hydrogens is 318 g/mol. The molecule has 0 aromatic carbocycles. The predicted molar refractivity (Wildman–Crippen MR) is 93.3 cm³/mol. The summed E-state index contributed by atoms with van der Waals surface area (Å²) < 4.78 is 0. The lowest BCUT2D eigenvalue weighted by Gasteiger charge is -2.35. The molecule has 1 fully saturated rings. The smallest absolute Gasteiger partial charge is 0.322 e. The third-order valence-corrected chi connectivity index (χ3v) is 4.05. The Morgan fingerprint density at radius 2 is 1.92 bits per heavy atom. The molecule has 0 unspecified atom stereocenters. The van der Waals surface area contributed by atoms with E-state index in [0.29, 0.717) is 37.6 Å². The predicted octanol–water partition coefficient (Wildman–Crippen LogP) is 1.71. The number of hydrogen-bond donors (Lipinski definition) is 1. The van der Waals surface area contributed by atoms with Crippen molar-refractivity contribution >= 4 is 17.5 Å². The van der Waals surface area contributed by atoms with Crippen molar-refractivity contribution < 1.29 is 4.79 Å². The number of amides is 2. The molecule has 0 aliphatic carbocycles. The molecule has 3 heterocycles. The molecule has 0 atom stereocenters. The summed E-state index contributed by atoms with van der Waals surface area (Å²) >= 11 is 0. The zero-order valence-electron chi connectivity index (χ0n) is 14.2. The van der Waals surface area contributed by atoms with E-state index in [0.717, 1.165) is 17.2 Å². The first kappa shape index (κ1) is 16.6. The maximum atomic E-state index is 12.4. The number of anilines is 2. The number of urea groups is 1. The number of hydrogen-bond acceptors (Lipinski definition) is 6. The van der Waals surface area contributed by atoms with Crippen LogP contribution >= 0.6 is 0 Å². The van der Waals surface area contributed by atoms with E-state index in [1.807, 2.05) is 19.9 Å². The number of rotatable bonds is 2. The summed E-state index contributed by atoms with van der Waals surface area (Å²) in [4.78, 5) is 29.1. The minimum absolute atomic E-state index is 0.168. The van der Waals surface area contributed by atoms with Gasteiger partial charge in [-0.1, -0.05) is 0 Å². The van der Waals surface area contributed by atoms with Gasteiger partial charge < -0.3 is 15.1 Å². The zero-order valence-corrected chi connectivity index (χ0v) is 14.2. The van der Waals surface area contributed by atoms with E-state index in [1.54, 1.807) is 23.2 Å². The monoisotopic (exact) mass is 337 g/mol. The lowest BCUT2D eigenvalue weighted by Crippen LogP contribution is -2.50. The Morgan fingerprint density at radius 1 is 1.16 bits per heavy atom. The molecule has 2 aromatic rings. The molecular formula is C17H19N7O. The summed E-state index contributed by atoms with van der Waals surface area (Å²) in [5, 5.41) is 11.6. The van der Waals surface area contributed by atoms with E-state index in [-0.39, 0.29) is 6.03 Å². The van der Waals surface area contributed by atoms with Crippen LogP contribution < -0.4 is 10.2 Å². The molecule has 0 saturated carbocycles. The summed E-state index contributed by atoms with van der Waals surface area (Å²) in [6, 6.07) is 5.03. The normalized spacial score (nSPS) is 14.1. The molecule has 8 heteroatoms. The van der Waals surface area contributed by atoms with Crippen LogP contribution in [-0.4, -0.2) is 52.1 Å². The standard InChI is InChI=1S/C17H19N7O/c1-12-10-19-13(2)16(21-12)23-5-7-24(8-6-23)17(25)22-15-4-3-14(9-18)20-11-15/h3-4,10-11H,5-8H2,1-2H3,(H,22,25). The molecule has 2 aromatic heterocycles. The van der Waals surface area contributed by atoms with Gasteiger partial charge in [0, 0.05) is 32.4 Å². The Labute approximate surface area is 146 Å². The molecule has 1 N–H and O–H groups in total. The van der Waals surface area contributed by atoms with Gasteiger partial charge in [-0.15, -0.1) is 0 Å². The van der Waals surface area contributed by atoms with Crippen LogP contribution in [0.2, 0.25) is 0 Å². The van der Waals surface area contributed by atoms with Crippen molar-refractivity contribution in [2.75, 3.05) is 36.4 Å². The summed E-state index contributed by atoms with van der Waals surface area (Å²) in [6.07, 6.45) is 3.24. The van der Waals surface area contributed by atoms with Gasteiger partial charge >= 0.3 is 6.03 Å². The quantitative estimate of drug-likeness (QED) is 0.896. The molecule has 0 bridgehead atoms. The van der Waals surface area contributed by atoms with Gasteiger partial charge in [0.05, 0.1) is 23.3 Å². The molecule has 1 aliphatic rings. The van der Waals surface area contributed by atoms with Gasteiger partial charge in [-0.25, -0.2) is 14.8 Å². The number of piperazine rings is 1. The van der Waals surface area contributed by atoms with Crippen molar-refractivity contribution in [3.05, 3.63) is 41.6 Å². The molecule has 25 heavy (non-hydrogen) atoms. The maximum Gasteiger partial charge on any atom is 0.322 e. The van der Waals surface area contributed by atoms with Crippen LogP contribution in [0.15, 0.2) is 24.5 Å². The Hall–Kier alpha value is -3.21. The second-order valence-electron chi connectivity index (χ2n) is 5.87. The van der Waals surface area contributed by atoms with E-state index >= 15 is 0 Å². The van der Waals surface area contributed by atoms with E-state index in [4.69, 9.17) is 5.26 Å². The molecule has 128 valence electrons. The van der Waals surface area contributed by atoms with E-state index in [1.165, 1.54) is 6.20 Å². The number of carbonyl (C=O) groups excluding carboxylic acids is 1. The van der Waals surface area contributed by atoms with Crippen LogP contribution in [0.25, 0.3) is 0 Å². The Balaban J connectivity index is 1.59. The van der Waals surface area contributed by atoms with Crippen molar-refractivity contribution in [1.29, 1.82) is 5.26 Å². The average molecular weight is 337 g/mol. The first-order valence-corrected chi connectivity index (χ1v) is 8.04. The van der Waals surface area contributed by atoms with Crippen LogP contribution in [-0.2, 0) is 0 Å². The molecule has 0 radical (unpaired) electrons. The molecule has 3 rings (SSSR count). The number of carbonyl (C=O) groups is 1. The van der Waals surface area contributed by atoms with Gasteiger partial charge in [-0.2, -0.15) is 5.26 Å².